The Bertz CT molecular complexity index is 909. The summed E-state index contributed by atoms with van der Waals surface area (Å²) >= 11 is 6.21. The van der Waals surface area contributed by atoms with Crippen molar-refractivity contribution in [3.8, 4) is 5.75 Å². The van der Waals surface area contributed by atoms with E-state index in [0.717, 1.165) is 18.4 Å². The third-order valence-electron chi connectivity index (χ3n) is 5.70. The molecule has 1 atom stereocenters. The van der Waals surface area contributed by atoms with Gasteiger partial charge in [0.1, 0.15) is 11.8 Å². The summed E-state index contributed by atoms with van der Waals surface area (Å²) in [5.41, 5.74) is 1.55. The first-order chi connectivity index (χ1) is 14.6. The molecule has 1 saturated heterocycles. The fourth-order valence-corrected chi connectivity index (χ4v) is 4.16. The second kappa shape index (κ2) is 9.06. The summed E-state index contributed by atoms with van der Waals surface area (Å²) in [6.07, 6.45) is 2.02. The Hall–Kier alpha value is -2.57. The Kier molecular flexibility index (Phi) is 6.25. The van der Waals surface area contributed by atoms with Crippen LogP contribution in [0.1, 0.15) is 24.4 Å². The summed E-state index contributed by atoms with van der Waals surface area (Å²) in [6.45, 7) is 2.63. The predicted octanol–water partition coefficient (Wildman–Crippen LogP) is 3.58. The zero-order valence-electron chi connectivity index (χ0n) is 17.0. The number of nitrogens with zero attached hydrogens (tertiary/aromatic N) is 2. The molecule has 2 fully saturated rings. The van der Waals surface area contributed by atoms with Crippen LogP contribution in [0.4, 0.5) is 5.69 Å². The topological polar surface area (TPSA) is 61.9 Å². The number of amides is 2. The van der Waals surface area contributed by atoms with Crippen molar-refractivity contribution in [3.63, 3.8) is 0 Å². The molecule has 6 nitrogen and oxygen atoms in total. The minimum absolute atomic E-state index is 0.121. The van der Waals surface area contributed by atoms with Gasteiger partial charge in [0.05, 0.1) is 12.1 Å². The number of halogens is 1. The van der Waals surface area contributed by atoms with Crippen LogP contribution in [0.3, 0.4) is 0 Å². The molecule has 0 radical (unpaired) electrons. The zero-order valence-corrected chi connectivity index (χ0v) is 17.8. The van der Waals surface area contributed by atoms with E-state index in [-0.39, 0.29) is 17.7 Å². The third-order valence-corrected chi connectivity index (χ3v) is 6.00. The van der Waals surface area contributed by atoms with E-state index in [0.29, 0.717) is 42.6 Å². The van der Waals surface area contributed by atoms with Gasteiger partial charge >= 0.3 is 0 Å². The van der Waals surface area contributed by atoms with Crippen LogP contribution in [0.15, 0.2) is 48.5 Å². The highest BCUT2D eigenvalue weighted by molar-refractivity contribution is 6.32. The van der Waals surface area contributed by atoms with Gasteiger partial charge in [-0.05, 0) is 36.6 Å². The minimum Gasteiger partial charge on any atom is -0.495 e. The number of carbonyl (C=O) groups is 2. The van der Waals surface area contributed by atoms with Crippen molar-refractivity contribution in [2.45, 2.75) is 18.9 Å². The Morgan fingerprint density at radius 1 is 1.07 bits per heavy atom. The molecule has 0 unspecified atom stereocenters. The summed E-state index contributed by atoms with van der Waals surface area (Å²) in [4.78, 5) is 29.8. The normalized spacial score (nSPS) is 18.0. The monoisotopic (exact) mass is 427 g/mol. The van der Waals surface area contributed by atoms with E-state index in [1.165, 1.54) is 0 Å². The predicted molar refractivity (Wildman–Crippen MR) is 117 cm³/mol. The van der Waals surface area contributed by atoms with E-state index in [1.54, 1.807) is 25.3 Å². The van der Waals surface area contributed by atoms with Crippen molar-refractivity contribution in [1.82, 2.24) is 9.80 Å². The highest BCUT2D eigenvalue weighted by Gasteiger charge is 2.37. The van der Waals surface area contributed by atoms with E-state index in [2.05, 4.69) is 10.2 Å². The second-order valence-electron chi connectivity index (χ2n) is 7.79. The quantitative estimate of drug-likeness (QED) is 0.765. The molecule has 2 aromatic carbocycles. The molecule has 1 aliphatic heterocycles. The summed E-state index contributed by atoms with van der Waals surface area (Å²) in [5.74, 6) is 0.933. The van der Waals surface area contributed by atoms with Gasteiger partial charge in [-0.3, -0.25) is 14.5 Å². The van der Waals surface area contributed by atoms with E-state index < -0.39 is 6.04 Å². The molecule has 0 bridgehead atoms. The molecule has 2 aliphatic rings. The van der Waals surface area contributed by atoms with Crippen LogP contribution in [-0.4, -0.2) is 54.9 Å². The fraction of sp³-hybridized carbons (Fsp3) is 0.391. The van der Waals surface area contributed by atoms with Crippen LogP contribution in [-0.2, 0) is 9.59 Å². The zero-order chi connectivity index (χ0) is 21.1. The van der Waals surface area contributed by atoms with Crippen molar-refractivity contribution < 1.29 is 14.3 Å². The summed E-state index contributed by atoms with van der Waals surface area (Å²) in [6, 6.07) is 14.5. The average Bonchev–Trinajstić information content (AvgIpc) is 3.60. The Balaban J connectivity index is 1.49. The number of benzene rings is 2. The summed E-state index contributed by atoms with van der Waals surface area (Å²) in [5, 5.41) is 3.43. The van der Waals surface area contributed by atoms with Gasteiger partial charge in [0.2, 0.25) is 11.8 Å². The summed E-state index contributed by atoms with van der Waals surface area (Å²) < 4.78 is 5.18. The van der Waals surface area contributed by atoms with Crippen molar-refractivity contribution in [3.05, 3.63) is 59.1 Å². The van der Waals surface area contributed by atoms with Gasteiger partial charge in [0.15, 0.2) is 0 Å². The lowest BCUT2D eigenvalue weighted by atomic mass is 10.0. The SMILES string of the molecule is COc1ccc(NC(=O)[C@H](c2ccccc2)N2CCN(C(=O)C3CC3)CC2)cc1Cl. The smallest absolute Gasteiger partial charge is 0.246 e. The largest absolute Gasteiger partial charge is 0.495 e. The van der Waals surface area contributed by atoms with Crippen LogP contribution in [0, 0.1) is 5.92 Å². The maximum Gasteiger partial charge on any atom is 0.246 e. The molecular formula is C23H26ClN3O3. The molecule has 1 N–H and O–H groups in total. The van der Waals surface area contributed by atoms with Gasteiger partial charge < -0.3 is 15.0 Å². The standard InChI is InChI=1S/C23H26ClN3O3/c1-30-20-10-9-18(15-19(20)24)25-22(28)21(16-5-3-2-4-6-16)26-11-13-27(14-12-26)23(29)17-7-8-17/h2-6,9-10,15,17,21H,7-8,11-14H2,1H3,(H,25,28)/t21-/m0/s1. The van der Waals surface area contributed by atoms with Crippen LogP contribution >= 0.6 is 11.6 Å². The number of piperazine rings is 1. The number of hydrogen-bond donors (Lipinski definition) is 1. The molecule has 2 amide bonds. The van der Waals surface area contributed by atoms with Crippen LogP contribution in [0.5, 0.6) is 5.75 Å². The molecule has 0 spiro atoms. The van der Waals surface area contributed by atoms with Gasteiger partial charge in [0.25, 0.3) is 0 Å². The molecular weight excluding hydrogens is 402 g/mol. The number of hydrogen-bond acceptors (Lipinski definition) is 4. The van der Waals surface area contributed by atoms with Crippen LogP contribution < -0.4 is 10.1 Å². The maximum atomic E-state index is 13.3. The number of nitrogens with one attached hydrogen (secondary N) is 1. The lowest BCUT2D eigenvalue weighted by molar-refractivity contribution is -0.135. The van der Waals surface area contributed by atoms with E-state index >= 15 is 0 Å². The molecule has 1 aliphatic carbocycles. The van der Waals surface area contributed by atoms with Crippen LogP contribution in [0.25, 0.3) is 0 Å². The Morgan fingerprint density at radius 3 is 2.37 bits per heavy atom. The van der Waals surface area contributed by atoms with Crippen molar-refractivity contribution in [2.75, 3.05) is 38.6 Å². The number of methoxy groups -OCH3 is 1. The summed E-state index contributed by atoms with van der Waals surface area (Å²) in [7, 11) is 1.55. The van der Waals surface area contributed by atoms with Gasteiger partial charge in [-0.15, -0.1) is 0 Å². The van der Waals surface area contributed by atoms with E-state index in [9.17, 15) is 9.59 Å². The first-order valence-electron chi connectivity index (χ1n) is 10.3. The first kappa shape index (κ1) is 20.7. The van der Waals surface area contributed by atoms with Gasteiger partial charge in [-0.2, -0.15) is 0 Å². The molecule has 30 heavy (non-hydrogen) atoms. The molecule has 4 rings (SSSR count). The van der Waals surface area contributed by atoms with Gasteiger partial charge in [0, 0.05) is 37.8 Å². The molecule has 1 saturated carbocycles. The van der Waals surface area contributed by atoms with E-state index in [1.807, 2.05) is 35.2 Å². The maximum absolute atomic E-state index is 13.3. The van der Waals surface area contributed by atoms with Crippen molar-refractivity contribution in [1.29, 1.82) is 0 Å². The number of carbonyl (C=O) groups excluding carboxylic acids is 2. The lowest BCUT2D eigenvalue weighted by Crippen LogP contribution is -2.52. The Morgan fingerprint density at radius 2 is 1.77 bits per heavy atom. The third kappa shape index (κ3) is 4.60. The molecule has 7 heteroatoms. The molecule has 1 heterocycles. The fourth-order valence-electron chi connectivity index (χ4n) is 3.91. The highest BCUT2D eigenvalue weighted by atomic mass is 35.5. The first-order valence-corrected chi connectivity index (χ1v) is 10.7. The second-order valence-corrected chi connectivity index (χ2v) is 8.19. The van der Waals surface area contributed by atoms with Crippen molar-refractivity contribution in [2.24, 2.45) is 5.92 Å². The van der Waals surface area contributed by atoms with Gasteiger partial charge in [-0.25, -0.2) is 0 Å². The minimum atomic E-state index is -0.440. The number of anilines is 1. The lowest BCUT2D eigenvalue weighted by Gasteiger charge is -2.39. The molecule has 158 valence electrons. The Labute approximate surface area is 181 Å². The highest BCUT2D eigenvalue weighted by Crippen LogP contribution is 2.32. The van der Waals surface area contributed by atoms with E-state index in [4.69, 9.17) is 16.3 Å². The number of ether oxygens (including phenoxy) is 1. The molecule has 0 aromatic heterocycles. The van der Waals surface area contributed by atoms with Crippen molar-refractivity contribution >= 4 is 29.1 Å². The average molecular weight is 428 g/mol. The molecule has 2 aromatic rings. The number of rotatable bonds is 6. The van der Waals surface area contributed by atoms with Gasteiger partial charge in [-0.1, -0.05) is 41.9 Å². The van der Waals surface area contributed by atoms with Crippen LogP contribution in [0.2, 0.25) is 5.02 Å².